The van der Waals surface area contributed by atoms with Crippen LogP contribution < -0.4 is 5.23 Å². The zero-order valence-corrected chi connectivity index (χ0v) is 10.3. The van der Waals surface area contributed by atoms with E-state index in [2.05, 4.69) is 6.07 Å². The first-order valence-corrected chi connectivity index (χ1v) is 5.97. The lowest BCUT2D eigenvalue weighted by Gasteiger charge is -2.13. The van der Waals surface area contributed by atoms with Crippen molar-refractivity contribution in [3.63, 3.8) is 0 Å². The van der Waals surface area contributed by atoms with Gasteiger partial charge in [0.25, 0.3) is 0 Å². The van der Waals surface area contributed by atoms with Crippen LogP contribution in [-0.2, 0) is 6.42 Å². The molecule has 2 N–H and O–H groups in total. The molecule has 0 amide bonds. The maximum absolute atomic E-state index is 10.8. The maximum atomic E-state index is 10.8. The molecule has 2 atom stereocenters. The Hall–Kier alpha value is -2.19. The molecule has 0 fully saturated rings. The zero-order chi connectivity index (χ0) is 13.7. The van der Waals surface area contributed by atoms with Crippen LogP contribution in [0.25, 0.3) is 0 Å². The second-order valence-electron chi connectivity index (χ2n) is 4.30. The van der Waals surface area contributed by atoms with Crippen LogP contribution >= 0.6 is 0 Å². The van der Waals surface area contributed by atoms with Gasteiger partial charge in [-0.05, 0) is 17.5 Å². The SMILES string of the molecule is N#CC(Cc1ccc([NH+]([O-])O)cc1)c1ccccc1. The summed E-state index contributed by atoms with van der Waals surface area (Å²) in [6, 6.07) is 18.5. The summed E-state index contributed by atoms with van der Waals surface area (Å²) < 4.78 is 0. The first-order chi connectivity index (χ1) is 9.20. The second-order valence-corrected chi connectivity index (χ2v) is 4.30. The van der Waals surface area contributed by atoms with Gasteiger partial charge in [-0.15, -0.1) is 0 Å². The van der Waals surface area contributed by atoms with Gasteiger partial charge in [0, 0.05) is 12.1 Å². The third-order valence-corrected chi connectivity index (χ3v) is 3.00. The largest absolute Gasteiger partial charge is 0.595 e. The standard InChI is InChI=1S/C15H14N2O2/c16-11-14(13-4-2-1-3-5-13)10-12-6-8-15(9-7-12)17(18)19/h1-9,14,17-18H,10H2. The monoisotopic (exact) mass is 254 g/mol. The molecule has 0 aliphatic heterocycles. The van der Waals surface area contributed by atoms with E-state index in [4.69, 9.17) is 5.21 Å². The van der Waals surface area contributed by atoms with Crippen molar-refractivity contribution in [1.29, 1.82) is 5.26 Å². The predicted octanol–water partition coefficient (Wildman–Crippen LogP) is 1.94. The van der Waals surface area contributed by atoms with Crippen molar-refractivity contribution in [3.8, 4) is 6.07 Å². The van der Waals surface area contributed by atoms with E-state index in [1.54, 1.807) is 24.3 Å². The van der Waals surface area contributed by atoms with E-state index in [0.717, 1.165) is 11.1 Å². The lowest BCUT2D eigenvalue weighted by Crippen LogP contribution is -2.99. The quantitative estimate of drug-likeness (QED) is 0.819. The molecule has 0 heterocycles. The number of rotatable bonds is 4. The smallest absolute Gasteiger partial charge is 0.163 e. The molecule has 2 aromatic carbocycles. The number of nitriles is 1. The van der Waals surface area contributed by atoms with Crippen LogP contribution in [0.15, 0.2) is 54.6 Å². The van der Waals surface area contributed by atoms with Crippen molar-refractivity contribution in [1.82, 2.24) is 0 Å². The van der Waals surface area contributed by atoms with Gasteiger partial charge in [0.05, 0.1) is 12.0 Å². The summed E-state index contributed by atoms with van der Waals surface area (Å²) in [6.45, 7) is 0. The van der Waals surface area contributed by atoms with E-state index in [1.165, 1.54) is 0 Å². The molecular weight excluding hydrogens is 240 g/mol. The maximum Gasteiger partial charge on any atom is 0.163 e. The summed E-state index contributed by atoms with van der Waals surface area (Å²) in [4.78, 5) is 0. The Labute approximate surface area is 111 Å². The Morgan fingerprint density at radius 2 is 1.74 bits per heavy atom. The zero-order valence-electron chi connectivity index (χ0n) is 10.3. The summed E-state index contributed by atoms with van der Waals surface area (Å²) in [7, 11) is 0. The van der Waals surface area contributed by atoms with Crippen molar-refractivity contribution in [2.24, 2.45) is 0 Å². The summed E-state index contributed by atoms with van der Waals surface area (Å²) in [5.41, 5.74) is 2.20. The van der Waals surface area contributed by atoms with E-state index in [-0.39, 0.29) is 11.6 Å². The number of nitrogens with zero attached hydrogens (tertiary/aromatic N) is 1. The molecule has 2 rings (SSSR count). The molecule has 0 radical (unpaired) electrons. The summed E-state index contributed by atoms with van der Waals surface area (Å²) >= 11 is 0. The molecule has 0 aromatic heterocycles. The van der Waals surface area contributed by atoms with Gasteiger partial charge < -0.3 is 5.21 Å². The minimum Gasteiger partial charge on any atom is -0.595 e. The van der Waals surface area contributed by atoms with E-state index in [9.17, 15) is 10.5 Å². The predicted molar refractivity (Wildman–Crippen MR) is 70.7 cm³/mol. The van der Waals surface area contributed by atoms with Gasteiger partial charge in [0.15, 0.2) is 5.69 Å². The minimum atomic E-state index is -0.938. The Balaban J connectivity index is 2.13. The molecule has 4 heteroatoms. The normalized spacial score (nSPS) is 13.5. The average molecular weight is 254 g/mol. The minimum absolute atomic E-state index is 0.211. The molecule has 0 spiro atoms. The van der Waals surface area contributed by atoms with Gasteiger partial charge in [-0.1, -0.05) is 42.5 Å². The van der Waals surface area contributed by atoms with E-state index < -0.39 is 5.23 Å². The highest BCUT2D eigenvalue weighted by Gasteiger charge is 2.11. The van der Waals surface area contributed by atoms with Crippen LogP contribution in [0.3, 0.4) is 0 Å². The highest BCUT2D eigenvalue weighted by Crippen LogP contribution is 2.20. The Kier molecular flexibility index (Phi) is 4.26. The third-order valence-electron chi connectivity index (χ3n) is 3.00. The number of quaternary nitrogens is 1. The second kappa shape index (κ2) is 6.12. The molecule has 0 bridgehead atoms. The van der Waals surface area contributed by atoms with Crippen LogP contribution in [0.5, 0.6) is 0 Å². The highest BCUT2D eigenvalue weighted by atomic mass is 16.8. The van der Waals surface area contributed by atoms with E-state index in [1.807, 2.05) is 30.3 Å². The molecule has 0 aliphatic carbocycles. The molecule has 96 valence electrons. The van der Waals surface area contributed by atoms with Crippen LogP contribution in [0.4, 0.5) is 5.69 Å². The van der Waals surface area contributed by atoms with Crippen LogP contribution in [-0.4, -0.2) is 5.21 Å². The Morgan fingerprint density at radius 3 is 2.26 bits per heavy atom. The van der Waals surface area contributed by atoms with Gasteiger partial charge in [0.2, 0.25) is 0 Å². The average Bonchev–Trinajstić information content (AvgIpc) is 2.46. The summed E-state index contributed by atoms with van der Waals surface area (Å²) in [6.07, 6.45) is 0.584. The fourth-order valence-electron chi connectivity index (χ4n) is 1.94. The Morgan fingerprint density at radius 1 is 1.11 bits per heavy atom. The van der Waals surface area contributed by atoms with E-state index >= 15 is 0 Å². The molecular formula is C15H14N2O2. The Bertz CT molecular complexity index is 559. The lowest BCUT2D eigenvalue weighted by molar-refractivity contribution is -0.991. The fraction of sp³-hybridized carbons (Fsp3) is 0.133. The van der Waals surface area contributed by atoms with Crippen molar-refractivity contribution in [3.05, 3.63) is 70.9 Å². The molecule has 0 saturated heterocycles. The topological polar surface area (TPSA) is 71.5 Å². The lowest BCUT2D eigenvalue weighted by atomic mass is 9.93. The first kappa shape index (κ1) is 13.2. The summed E-state index contributed by atoms with van der Waals surface area (Å²) in [5.74, 6) is -0.211. The highest BCUT2D eigenvalue weighted by molar-refractivity contribution is 5.35. The van der Waals surface area contributed by atoms with Crippen molar-refractivity contribution >= 4 is 5.69 Å². The molecule has 2 aromatic rings. The third kappa shape index (κ3) is 3.39. The van der Waals surface area contributed by atoms with Crippen LogP contribution in [0.1, 0.15) is 17.0 Å². The molecule has 0 aliphatic rings. The number of hydrogen-bond acceptors (Lipinski definition) is 3. The van der Waals surface area contributed by atoms with Crippen molar-refractivity contribution < 1.29 is 10.4 Å². The first-order valence-electron chi connectivity index (χ1n) is 5.97. The van der Waals surface area contributed by atoms with Crippen molar-refractivity contribution in [2.75, 3.05) is 0 Å². The molecule has 19 heavy (non-hydrogen) atoms. The van der Waals surface area contributed by atoms with Gasteiger partial charge in [-0.25, -0.2) is 5.21 Å². The van der Waals surface area contributed by atoms with Crippen molar-refractivity contribution in [2.45, 2.75) is 12.3 Å². The summed E-state index contributed by atoms with van der Waals surface area (Å²) in [5, 5.41) is 27.9. The van der Waals surface area contributed by atoms with E-state index in [0.29, 0.717) is 6.42 Å². The van der Waals surface area contributed by atoms with Gasteiger partial charge in [0.1, 0.15) is 0 Å². The van der Waals surface area contributed by atoms with Gasteiger partial charge in [-0.3, -0.25) is 0 Å². The molecule has 4 nitrogen and oxygen atoms in total. The molecule has 0 saturated carbocycles. The number of nitrogens with one attached hydrogen (secondary N) is 1. The number of hydrogen-bond donors (Lipinski definition) is 2. The number of benzene rings is 2. The van der Waals surface area contributed by atoms with Gasteiger partial charge in [-0.2, -0.15) is 10.5 Å². The van der Waals surface area contributed by atoms with Crippen LogP contribution in [0, 0.1) is 16.5 Å². The van der Waals surface area contributed by atoms with Gasteiger partial charge >= 0.3 is 0 Å². The van der Waals surface area contributed by atoms with Crippen LogP contribution in [0.2, 0.25) is 0 Å². The molecule has 2 unspecified atom stereocenters. The fourth-order valence-corrected chi connectivity index (χ4v) is 1.94.